The first-order valence-electron chi connectivity index (χ1n) is 8.33. The van der Waals surface area contributed by atoms with Crippen LogP contribution in [0.25, 0.3) is 0 Å². The number of amides is 1. The number of hydrogen-bond donors (Lipinski definition) is 2. The molecule has 3 rings (SSSR count). The minimum Gasteiger partial charge on any atom is -0.492 e. The van der Waals surface area contributed by atoms with E-state index in [1.807, 2.05) is 43.3 Å². The van der Waals surface area contributed by atoms with E-state index < -0.39 is 0 Å². The fourth-order valence-electron chi connectivity index (χ4n) is 2.90. The van der Waals surface area contributed by atoms with Gasteiger partial charge in [-0.1, -0.05) is 30.3 Å². The Morgan fingerprint density at radius 2 is 1.96 bits per heavy atom. The smallest absolute Gasteiger partial charge is 0.243 e. The molecule has 0 aromatic heterocycles. The second-order valence-electron chi connectivity index (χ2n) is 5.70. The van der Waals surface area contributed by atoms with Crippen molar-refractivity contribution in [3.63, 3.8) is 0 Å². The van der Waals surface area contributed by atoms with Gasteiger partial charge in [0.1, 0.15) is 5.75 Å². The molecule has 0 unspecified atom stereocenters. The van der Waals surface area contributed by atoms with E-state index >= 15 is 0 Å². The quantitative estimate of drug-likeness (QED) is 0.859. The van der Waals surface area contributed by atoms with E-state index in [0.29, 0.717) is 24.6 Å². The van der Waals surface area contributed by atoms with E-state index in [0.717, 1.165) is 25.3 Å². The average molecular weight is 362 g/mol. The predicted octanol–water partition coefficient (Wildman–Crippen LogP) is 3.06. The average Bonchev–Trinajstić information content (AvgIpc) is 2.79. The van der Waals surface area contributed by atoms with Crippen LogP contribution in [0.15, 0.2) is 48.5 Å². The molecule has 0 saturated heterocycles. The Kier molecular flexibility index (Phi) is 7.10. The molecule has 2 aromatic rings. The van der Waals surface area contributed by atoms with Crippen LogP contribution in [0, 0.1) is 0 Å². The molecular weight excluding hydrogens is 338 g/mol. The zero-order chi connectivity index (χ0) is 16.8. The molecule has 5 nitrogen and oxygen atoms in total. The maximum absolute atomic E-state index is 12.5. The Morgan fingerprint density at radius 1 is 1.20 bits per heavy atom. The van der Waals surface area contributed by atoms with Crippen molar-refractivity contribution in [2.45, 2.75) is 13.5 Å². The first-order valence-corrected chi connectivity index (χ1v) is 8.33. The van der Waals surface area contributed by atoms with Gasteiger partial charge in [-0.3, -0.25) is 4.79 Å². The van der Waals surface area contributed by atoms with Crippen molar-refractivity contribution in [1.82, 2.24) is 5.32 Å². The lowest BCUT2D eigenvalue weighted by atomic mass is 10.1. The number of hydrogen-bond acceptors (Lipinski definition) is 4. The summed E-state index contributed by atoms with van der Waals surface area (Å²) < 4.78 is 5.57. The summed E-state index contributed by atoms with van der Waals surface area (Å²) in [6, 6.07) is 15.7. The van der Waals surface area contributed by atoms with E-state index in [1.54, 1.807) is 0 Å². The van der Waals surface area contributed by atoms with Crippen molar-refractivity contribution >= 4 is 29.7 Å². The Labute approximate surface area is 154 Å². The summed E-state index contributed by atoms with van der Waals surface area (Å²) in [6.45, 7) is 5.31. The first kappa shape index (κ1) is 19.1. The summed E-state index contributed by atoms with van der Waals surface area (Å²) in [5.41, 5.74) is 3.05. The van der Waals surface area contributed by atoms with E-state index in [-0.39, 0.29) is 18.3 Å². The van der Waals surface area contributed by atoms with Gasteiger partial charge in [0, 0.05) is 25.3 Å². The normalized spacial score (nSPS) is 13.2. The first-order chi connectivity index (χ1) is 11.8. The number of carbonyl (C=O) groups excluding carboxylic acids is 1. The van der Waals surface area contributed by atoms with Crippen LogP contribution in [0.5, 0.6) is 5.75 Å². The van der Waals surface area contributed by atoms with Crippen molar-refractivity contribution < 1.29 is 9.53 Å². The van der Waals surface area contributed by atoms with Crippen molar-refractivity contribution in [3.8, 4) is 5.75 Å². The number of carbonyl (C=O) groups is 1. The van der Waals surface area contributed by atoms with Crippen LogP contribution in [0.4, 0.5) is 11.4 Å². The molecule has 1 aliphatic rings. The molecule has 0 fully saturated rings. The Morgan fingerprint density at radius 3 is 2.80 bits per heavy atom. The summed E-state index contributed by atoms with van der Waals surface area (Å²) in [6.07, 6.45) is 0. The molecule has 0 spiro atoms. The lowest BCUT2D eigenvalue weighted by Crippen LogP contribution is -2.36. The number of para-hydroxylation sites is 3. The van der Waals surface area contributed by atoms with Gasteiger partial charge in [-0.05, 0) is 30.7 Å². The van der Waals surface area contributed by atoms with Crippen LogP contribution in [-0.2, 0) is 11.3 Å². The molecule has 0 bridgehead atoms. The molecule has 0 radical (unpaired) electrons. The van der Waals surface area contributed by atoms with Crippen molar-refractivity contribution in [2.24, 2.45) is 0 Å². The van der Waals surface area contributed by atoms with Gasteiger partial charge in [-0.15, -0.1) is 12.4 Å². The topological polar surface area (TPSA) is 53.6 Å². The van der Waals surface area contributed by atoms with Crippen LogP contribution in [0.1, 0.15) is 12.5 Å². The number of fused-ring (bicyclic) bond motifs is 1. The highest BCUT2D eigenvalue weighted by molar-refractivity contribution is 5.95. The molecule has 134 valence electrons. The largest absolute Gasteiger partial charge is 0.492 e. The molecule has 0 aliphatic carbocycles. The number of halogens is 1. The van der Waals surface area contributed by atoms with Crippen LogP contribution in [-0.4, -0.2) is 32.1 Å². The van der Waals surface area contributed by atoms with E-state index in [1.165, 1.54) is 5.56 Å². The highest BCUT2D eigenvalue weighted by atomic mass is 35.5. The summed E-state index contributed by atoms with van der Waals surface area (Å²) in [5, 5.41) is 6.36. The van der Waals surface area contributed by atoms with Gasteiger partial charge in [-0.2, -0.15) is 0 Å². The Hall–Kier alpha value is -2.24. The molecular formula is C19H24ClN3O2. The monoisotopic (exact) mass is 361 g/mol. The molecule has 25 heavy (non-hydrogen) atoms. The maximum atomic E-state index is 12.5. The van der Waals surface area contributed by atoms with Gasteiger partial charge in [0.2, 0.25) is 5.91 Å². The minimum atomic E-state index is -0.0427. The number of anilines is 2. The number of nitrogens with one attached hydrogen (secondary N) is 2. The number of ether oxygens (including phenoxy) is 1. The zero-order valence-corrected chi connectivity index (χ0v) is 15.1. The van der Waals surface area contributed by atoms with E-state index in [4.69, 9.17) is 4.74 Å². The van der Waals surface area contributed by atoms with Gasteiger partial charge in [0.05, 0.1) is 18.8 Å². The van der Waals surface area contributed by atoms with Crippen molar-refractivity contribution in [3.05, 3.63) is 54.1 Å². The number of benzene rings is 2. The summed E-state index contributed by atoms with van der Waals surface area (Å²) >= 11 is 0. The molecule has 6 heteroatoms. The third-order valence-corrected chi connectivity index (χ3v) is 4.00. The fourth-order valence-corrected chi connectivity index (χ4v) is 2.90. The third-order valence-electron chi connectivity index (χ3n) is 4.00. The van der Waals surface area contributed by atoms with Crippen LogP contribution in [0.2, 0.25) is 0 Å². The molecule has 0 atom stereocenters. The van der Waals surface area contributed by atoms with Gasteiger partial charge >= 0.3 is 0 Å². The minimum absolute atomic E-state index is 0. The number of nitrogens with zero attached hydrogens (tertiary/aromatic N) is 1. The molecule has 2 aromatic carbocycles. The molecule has 1 amide bonds. The molecule has 1 heterocycles. The lowest BCUT2D eigenvalue weighted by Gasteiger charge is -2.24. The summed E-state index contributed by atoms with van der Waals surface area (Å²) in [7, 11) is 0. The lowest BCUT2D eigenvalue weighted by molar-refractivity contribution is -0.115. The van der Waals surface area contributed by atoms with Gasteiger partial charge < -0.3 is 20.3 Å². The van der Waals surface area contributed by atoms with Gasteiger partial charge in [0.25, 0.3) is 0 Å². The van der Waals surface area contributed by atoms with Crippen LogP contribution < -0.4 is 20.3 Å². The Balaban J connectivity index is 0.00000225. The van der Waals surface area contributed by atoms with E-state index in [2.05, 4.69) is 27.7 Å². The predicted molar refractivity (Wildman–Crippen MR) is 104 cm³/mol. The highest BCUT2D eigenvalue weighted by Gasteiger charge is 2.17. The SMILES string of the molecule is CCOc1ccccc1NC(=O)CN1CCNCc2ccccc21.Cl. The van der Waals surface area contributed by atoms with Crippen LogP contribution in [0.3, 0.4) is 0 Å². The van der Waals surface area contributed by atoms with Gasteiger partial charge in [0.15, 0.2) is 0 Å². The second-order valence-corrected chi connectivity index (χ2v) is 5.70. The zero-order valence-electron chi connectivity index (χ0n) is 14.3. The van der Waals surface area contributed by atoms with Crippen molar-refractivity contribution in [2.75, 3.05) is 36.5 Å². The molecule has 1 aliphatic heterocycles. The Bertz CT molecular complexity index is 709. The fraction of sp³-hybridized carbons (Fsp3) is 0.316. The van der Waals surface area contributed by atoms with Crippen molar-refractivity contribution in [1.29, 1.82) is 0 Å². The second kappa shape index (κ2) is 9.30. The molecule has 0 saturated carbocycles. The maximum Gasteiger partial charge on any atom is 0.243 e. The van der Waals surface area contributed by atoms with Crippen LogP contribution >= 0.6 is 12.4 Å². The van der Waals surface area contributed by atoms with E-state index in [9.17, 15) is 4.79 Å². The molecule has 2 N–H and O–H groups in total. The summed E-state index contributed by atoms with van der Waals surface area (Å²) in [5.74, 6) is 0.658. The van der Waals surface area contributed by atoms with Gasteiger partial charge in [-0.25, -0.2) is 0 Å². The standard InChI is InChI=1S/C19H23N3O2.ClH/c1-2-24-18-10-6-4-8-16(18)21-19(23)14-22-12-11-20-13-15-7-3-5-9-17(15)22;/h3-10,20H,2,11-14H2,1H3,(H,21,23);1H. The highest BCUT2D eigenvalue weighted by Crippen LogP contribution is 2.25. The summed E-state index contributed by atoms with van der Waals surface area (Å²) in [4.78, 5) is 14.6. The third kappa shape index (κ3) is 4.87. The number of rotatable bonds is 5.